The lowest BCUT2D eigenvalue weighted by atomic mass is 9.48. The van der Waals surface area contributed by atoms with Crippen molar-refractivity contribution in [3.8, 4) is 5.75 Å². The van der Waals surface area contributed by atoms with Gasteiger partial charge >= 0.3 is 11.9 Å². The molecule has 2 bridgehead atoms. The highest BCUT2D eigenvalue weighted by molar-refractivity contribution is 5.88. The van der Waals surface area contributed by atoms with Gasteiger partial charge in [0.2, 0.25) is 5.60 Å². The van der Waals surface area contributed by atoms with Crippen molar-refractivity contribution >= 4 is 17.6 Å². The molecule has 1 aromatic rings. The van der Waals surface area contributed by atoms with Crippen LogP contribution in [0.2, 0.25) is 0 Å². The maximum atomic E-state index is 13.8. The number of methoxy groups -OCH3 is 2. The van der Waals surface area contributed by atoms with Gasteiger partial charge in [0.05, 0.1) is 31.8 Å². The quantitative estimate of drug-likeness (QED) is 0.636. The Morgan fingerprint density at radius 1 is 1.21 bits per heavy atom. The second kappa shape index (κ2) is 6.63. The van der Waals surface area contributed by atoms with Crippen LogP contribution < -0.4 is 9.64 Å². The highest BCUT2D eigenvalue weighted by atomic mass is 16.6. The number of esters is 2. The van der Waals surface area contributed by atoms with Crippen LogP contribution in [0, 0.1) is 5.41 Å². The van der Waals surface area contributed by atoms with Crippen molar-refractivity contribution in [1.29, 1.82) is 0 Å². The van der Waals surface area contributed by atoms with Gasteiger partial charge in [0.15, 0.2) is 6.10 Å². The highest BCUT2D eigenvalue weighted by Gasteiger charge is 2.87. The van der Waals surface area contributed by atoms with E-state index in [1.54, 1.807) is 7.11 Å². The van der Waals surface area contributed by atoms with E-state index in [-0.39, 0.29) is 23.6 Å². The van der Waals surface area contributed by atoms with Gasteiger partial charge in [0, 0.05) is 43.7 Å². The van der Waals surface area contributed by atoms with Crippen LogP contribution in [-0.2, 0) is 29.2 Å². The summed E-state index contributed by atoms with van der Waals surface area (Å²) in [7, 11) is 5.08. The van der Waals surface area contributed by atoms with Crippen LogP contribution in [0.4, 0.5) is 5.69 Å². The van der Waals surface area contributed by atoms with E-state index in [1.165, 1.54) is 19.6 Å². The van der Waals surface area contributed by atoms with Crippen LogP contribution in [0.1, 0.15) is 38.7 Å². The lowest BCUT2D eigenvalue weighted by Crippen LogP contribution is -2.78. The predicted molar refractivity (Wildman–Crippen MR) is 119 cm³/mol. The largest absolute Gasteiger partial charge is 0.497 e. The summed E-state index contributed by atoms with van der Waals surface area (Å²) >= 11 is 0. The number of carbonyl (C=O) groups is 2. The summed E-state index contributed by atoms with van der Waals surface area (Å²) in [6.45, 7) is 5.41. The molecular formula is C25H32N2O6. The number of likely N-dealkylation sites (N-methyl/N-ethyl adjacent to an activating group) is 1. The Kier molecular flexibility index (Phi) is 4.27. The molecule has 4 fully saturated rings. The minimum absolute atomic E-state index is 0.0977. The fourth-order valence-corrected chi connectivity index (χ4v) is 8.68. The Bertz CT molecular complexity index is 1050. The minimum atomic E-state index is -1.40. The van der Waals surface area contributed by atoms with Crippen LogP contribution in [0.15, 0.2) is 18.2 Å². The van der Waals surface area contributed by atoms with Gasteiger partial charge < -0.3 is 23.8 Å². The second-order valence-electron chi connectivity index (χ2n) is 10.3. The van der Waals surface area contributed by atoms with Crippen molar-refractivity contribution in [1.82, 2.24) is 4.90 Å². The molecule has 1 unspecified atom stereocenters. The summed E-state index contributed by atoms with van der Waals surface area (Å²) in [5, 5.41) is 0. The van der Waals surface area contributed by atoms with Crippen LogP contribution in [0.25, 0.3) is 0 Å². The van der Waals surface area contributed by atoms with E-state index in [0.717, 1.165) is 43.8 Å². The number of rotatable bonds is 4. The molecule has 8 nitrogen and oxygen atoms in total. The normalized spacial score (nSPS) is 42.0. The van der Waals surface area contributed by atoms with E-state index in [1.807, 2.05) is 19.2 Å². The molecule has 1 aromatic carbocycles. The third-order valence-electron chi connectivity index (χ3n) is 9.44. The third kappa shape index (κ3) is 2.12. The van der Waals surface area contributed by atoms with Crippen molar-refractivity contribution in [2.24, 2.45) is 5.41 Å². The molecule has 0 N–H and O–H groups in total. The summed E-state index contributed by atoms with van der Waals surface area (Å²) in [5.41, 5.74) is 0.0242. The monoisotopic (exact) mass is 456 g/mol. The Morgan fingerprint density at radius 2 is 2.00 bits per heavy atom. The van der Waals surface area contributed by atoms with Gasteiger partial charge in [-0.2, -0.15) is 0 Å². The average molecular weight is 457 g/mol. The molecule has 4 heterocycles. The molecule has 4 aliphatic heterocycles. The summed E-state index contributed by atoms with van der Waals surface area (Å²) in [6.07, 6.45) is 1.58. The van der Waals surface area contributed by atoms with Crippen LogP contribution in [-0.4, -0.2) is 81.1 Å². The van der Waals surface area contributed by atoms with Crippen LogP contribution >= 0.6 is 0 Å². The van der Waals surface area contributed by atoms with E-state index < -0.39 is 29.1 Å². The first-order valence-electron chi connectivity index (χ1n) is 11.9. The fraction of sp³-hybridized carbons (Fsp3) is 0.680. The molecule has 178 valence electrons. The fourth-order valence-electron chi connectivity index (χ4n) is 8.68. The number of ether oxygens (including phenoxy) is 4. The summed E-state index contributed by atoms with van der Waals surface area (Å²) in [5.74, 6) is -0.0800. The number of hydrogen-bond donors (Lipinski definition) is 0. The summed E-state index contributed by atoms with van der Waals surface area (Å²) in [6, 6.07) is 5.96. The van der Waals surface area contributed by atoms with E-state index in [0.29, 0.717) is 0 Å². The lowest BCUT2D eigenvalue weighted by Gasteiger charge is -2.60. The van der Waals surface area contributed by atoms with Gasteiger partial charge in [-0.05, 0) is 37.4 Å². The number of hydrogen-bond acceptors (Lipinski definition) is 8. The number of anilines is 1. The molecule has 8 heteroatoms. The van der Waals surface area contributed by atoms with Crippen molar-refractivity contribution in [3.05, 3.63) is 23.8 Å². The Morgan fingerprint density at radius 3 is 2.67 bits per heavy atom. The predicted octanol–water partition coefficient (Wildman–Crippen LogP) is 1.88. The molecule has 6 rings (SSSR count). The van der Waals surface area contributed by atoms with Gasteiger partial charge in [0.25, 0.3) is 0 Å². The standard InChI is InChI=1S/C25H32N2O6/c1-6-23-18-9-11-27-12-10-24(19(23)27)16-8-7-15(30-4)13-17(16)26(3)20(24)25(33-18,22(29)31-5)21(23)32-14(2)28/h7-8,13,18-21H,6,9-12H2,1-5H3/t18-,19+,20?,21-,23-,24-,25+/m1/s1. The van der Waals surface area contributed by atoms with E-state index in [2.05, 4.69) is 22.8 Å². The molecule has 0 radical (unpaired) electrons. The molecule has 0 aromatic heterocycles. The molecule has 5 aliphatic rings. The zero-order chi connectivity index (χ0) is 23.3. The zero-order valence-electron chi connectivity index (χ0n) is 19.9. The molecule has 1 aliphatic carbocycles. The molecule has 1 spiro atoms. The first kappa shape index (κ1) is 21.2. The van der Waals surface area contributed by atoms with Crippen molar-refractivity contribution < 1.29 is 28.5 Å². The first-order valence-corrected chi connectivity index (χ1v) is 11.9. The summed E-state index contributed by atoms with van der Waals surface area (Å²) in [4.78, 5) is 31.0. The van der Waals surface area contributed by atoms with E-state index in [4.69, 9.17) is 18.9 Å². The van der Waals surface area contributed by atoms with Crippen LogP contribution in [0.5, 0.6) is 5.75 Å². The number of piperidine rings is 1. The number of nitrogens with zero attached hydrogens (tertiary/aromatic N) is 2. The Labute approximate surface area is 194 Å². The van der Waals surface area contributed by atoms with Crippen molar-refractivity contribution in [3.63, 3.8) is 0 Å². The molecular weight excluding hydrogens is 424 g/mol. The first-order chi connectivity index (χ1) is 15.8. The molecule has 0 amide bonds. The van der Waals surface area contributed by atoms with Crippen molar-refractivity contribution in [2.45, 2.75) is 68.4 Å². The average Bonchev–Trinajstić information content (AvgIpc) is 3.41. The number of fused-ring (bicyclic) bond motifs is 3. The van der Waals surface area contributed by atoms with Gasteiger partial charge in [-0.1, -0.05) is 13.0 Å². The molecule has 33 heavy (non-hydrogen) atoms. The molecule has 3 saturated heterocycles. The number of carbonyl (C=O) groups excluding carboxylic acids is 2. The maximum absolute atomic E-state index is 13.8. The lowest BCUT2D eigenvalue weighted by molar-refractivity contribution is -0.199. The van der Waals surface area contributed by atoms with E-state index in [9.17, 15) is 9.59 Å². The minimum Gasteiger partial charge on any atom is -0.497 e. The SMILES string of the molecule is CC[C@@]12[C@@H](OC(C)=O)[C@@]3(C(=O)OC)O[C@@H]1CCN1CC[C@@]4(c5ccc(OC)cc5N(C)C43)[C@@H]12. The van der Waals surface area contributed by atoms with Gasteiger partial charge in [0.1, 0.15) is 5.75 Å². The second-order valence-corrected chi connectivity index (χ2v) is 10.3. The highest BCUT2D eigenvalue weighted by Crippen LogP contribution is 2.72. The van der Waals surface area contributed by atoms with Gasteiger partial charge in [-0.15, -0.1) is 0 Å². The smallest absolute Gasteiger partial charge is 0.344 e. The van der Waals surface area contributed by atoms with Crippen molar-refractivity contribution in [2.75, 3.05) is 39.3 Å². The van der Waals surface area contributed by atoms with E-state index >= 15 is 0 Å². The van der Waals surface area contributed by atoms with Gasteiger partial charge in [-0.3, -0.25) is 9.69 Å². The molecule has 7 atom stereocenters. The zero-order valence-corrected chi connectivity index (χ0v) is 19.9. The Hall–Kier alpha value is -2.32. The topological polar surface area (TPSA) is 77.5 Å². The molecule has 1 saturated carbocycles. The summed E-state index contributed by atoms with van der Waals surface area (Å²) < 4.78 is 24.0. The third-order valence-corrected chi connectivity index (χ3v) is 9.44. The van der Waals surface area contributed by atoms with Gasteiger partial charge in [-0.25, -0.2) is 4.79 Å². The Balaban J connectivity index is 1.69. The maximum Gasteiger partial charge on any atom is 0.344 e. The number of benzene rings is 1. The van der Waals surface area contributed by atoms with Crippen LogP contribution in [0.3, 0.4) is 0 Å².